The summed E-state index contributed by atoms with van der Waals surface area (Å²) in [6, 6.07) is 0. The molecule has 1 rings (SSSR count). The zero-order chi connectivity index (χ0) is 16.8. The first-order valence-electron chi connectivity index (χ1n) is 8.49. The van der Waals surface area contributed by atoms with Crippen molar-refractivity contribution < 1.29 is 9.90 Å². The summed E-state index contributed by atoms with van der Waals surface area (Å²) in [7, 11) is 0. The fraction of sp³-hybridized carbons (Fsp3) is 0.650. The molecule has 124 valence electrons. The average molecular weight is 304 g/mol. The molecule has 0 bridgehead atoms. The Labute approximate surface area is 136 Å². The molecule has 1 aliphatic carbocycles. The molecule has 0 amide bonds. The molecule has 0 radical (unpaired) electrons. The number of allylic oxidation sites excluding steroid dienone is 5. The highest BCUT2D eigenvalue weighted by atomic mass is 16.3. The van der Waals surface area contributed by atoms with Crippen LogP contribution < -0.4 is 0 Å². The van der Waals surface area contributed by atoms with Gasteiger partial charge >= 0.3 is 0 Å². The summed E-state index contributed by atoms with van der Waals surface area (Å²) in [5.74, 6) is 1.06. The lowest BCUT2D eigenvalue weighted by atomic mass is 9.86. The quantitative estimate of drug-likeness (QED) is 0.693. The van der Waals surface area contributed by atoms with Crippen LogP contribution in [-0.2, 0) is 4.79 Å². The average Bonchev–Trinajstić information content (AvgIpc) is 2.36. The maximum atomic E-state index is 12.0. The van der Waals surface area contributed by atoms with E-state index in [1.54, 1.807) is 12.2 Å². The molecule has 2 nitrogen and oxygen atoms in total. The van der Waals surface area contributed by atoms with Crippen LogP contribution in [0.1, 0.15) is 66.7 Å². The maximum absolute atomic E-state index is 12.0. The van der Waals surface area contributed by atoms with Crippen LogP contribution in [0.4, 0.5) is 0 Å². The lowest BCUT2D eigenvalue weighted by molar-refractivity contribution is -0.110. The molecule has 0 fully saturated rings. The largest absolute Gasteiger partial charge is 0.386 e. The predicted octanol–water partition coefficient (Wildman–Crippen LogP) is 4.99. The van der Waals surface area contributed by atoms with E-state index < -0.39 is 5.60 Å². The summed E-state index contributed by atoms with van der Waals surface area (Å²) < 4.78 is 0. The molecule has 0 aliphatic heterocycles. The molecule has 22 heavy (non-hydrogen) atoms. The first-order chi connectivity index (χ1) is 10.2. The fourth-order valence-electron chi connectivity index (χ4n) is 2.86. The second-order valence-electron chi connectivity index (χ2n) is 7.40. The Kier molecular flexibility index (Phi) is 7.28. The third-order valence-electron chi connectivity index (χ3n) is 4.46. The summed E-state index contributed by atoms with van der Waals surface area (Å²) >= 11 is 0. The van der Waals surface area contributed by atoms with Gasteiger partial charge in [-0.05, 0) is 76.9 Å². The van der Waals surface area contributed by atoms with Gasteiger partial charge in [-0.15, -0.1) is 0 Å². The number of aliphatic hydroxyl groups is 1. The summed E-state index contributed by atoms with van der Waals surface area (Å²) in [4.78, 5) is 12.0. The molecular weight excluding hydrogens is 272 g/mol. The normalized spacial score (nSPS) is 29.0. The Morgan fingerprint density at radius 3 is 2.36 bits per heavy atom. The lowest BCUT2D eigenvalue weighted by Crippen LogP contribution is -2.21. The topological polar surface area (TPSA) is 37.3 Å². The SMILES string of the molecule is CC1=CC(=O)C=C(C)CCC(C(C)C)C=CC(C)(O)CCC1. The van der Waals surface area contributed by atoms with Gasteiger partial charge in [0.25, 0.3) is 0 Å². The molecule has 0 heterocycles. The Balaban J connectivity index is 2.98. The number of hydrogen-bond donors (Lipinski definition) is 1. The Hall–Kier alpha value is -1.15. The number of ketones is 1. The summed E-state index contributed by atoms with van der Waals surface area (Å²) in [5.41, 5.74) is 1.47. The molecule has 1 N–H and O–H groups in total. The lowest BCUT2D eigenvalue weighted by Gasteiger charge is -2.22. The minimum absolute atomic E-state index is 0.0930. The first kappa shape index (κ1) is 18.9. The predicted molar refractivity (Wildman–Crippen MR) is 93.7 cm³/mol. The molecule has 2 heteroatoms. The maximum Gasteiger partial charge on any atom is 0.178 e. The van der Waals surface area contributed by atoms with Crippen molar-refractivity contribution in [2.45, 2.75) is 72.3 Å². The van der Waals surface area contributed by atoms with E-state index in [1.807, 2.05) is 26.8 Å². The van der Waals surface area contributed by atoms with Crippen molar-refractivity contribution in [2.24, 2.45) is 11.8 Å². The van der Waals surface area contributed by atoms with Crippen LogP contribution in [0.3, 0.4) is 0 Å². The number of hydrogen-bond acceptors (Lipinski definition) is 2. The van der Waals surface area contributed by atoms with Gasteiger partial charge < -0.3 is 5.11 Å². The van der Waals surface area contributed by atoms with Gasteiger partial charge in [0.05, 0.1) is 5.60 Å². The first-order valence-corrected chi connectivity index (χ1v) is 8.49. The molecule has 0 aromatic carbocycles. The van der Waals surface area contributed by atoms with Gasteiger partial charge in [0, 0.05) is 0 Å². The molecular formula is C20H32O2. The minimum Gasteiger partial charge on any atom is -0.386 e. The molecule has 2 atom stereocenters. The monoisotopic (exact) mass is 304 g/mol. The van der Waals surface area contributed by atoms with Gasteiger partial charge in [-0.25, -0.2) is 0 Å². The van der Waals surface area contributed by atoms with Gasteiger partial charge in [-0.2, -0.15) is 0 Å². The van der Waals surface area contributed by atoms with Gasteiger partial charge in [0.2, 0.25) is 0 Å². The molecule has 2 unspecified atom stereocenters. The van der Waals surface area contributed by atoms with E-state index in [2.05, 4.69) is 19.9 Å². The van der Waals surface area contributed by atoms with Gasteiger partial charge in [-0.1, -0.05) is 37.1 Å². The molecule has 0 spiro atoms. The van der Waals surface area contributed by atoms with Crippen molar-refractivity contribution >= 4 is 5.78 Å². The molecule has 0 saturated heterocycles. The van der Waals surface area contributed by atoms with Crippen molar-refractivity contribution in [2.75, 3.05) is 0 Å². The van der Waals surface area contributed by atoms with Crippen molar-refractivity contribution in [1.82, 2.24) is 0 Å². The Morgan fingerprint density at radius 1 is 1.18 bits per heavy atom. The van der Waals surface area contributed by atoms with Crippen LogP contribution in [0, 0.1) is 11.8 Å². The van der Waals surface area contributed by atoms with Gasteiger partial charge in [-0.3, -0.25) is 4.79 Å². The molecule has 0 aromatic heterocycles. The highest BCUT2D eigenvalue weighted by molar-refractivity contribution is 6.00. The van der Waals surface area contributed by atoms with Gasteiger partial charge in [0.15, 0.2) is 5.78 Å². The van der Waals surface area contributed by atoms with Crippen molar-refractivity contribution in [1.29, 1.82) is 0 Å². The van der Waals surface area contributed by atoms with Crippen molar-refractivity contribution in [3.05, 3.63) is 35.5 Å². The summed E-state index contributed by atoms with van der Waals surface area (Å²) in [6.45, 7) is 10.3. The van der Waals surface area contributed by atoms with E-state index in [-0.39, 0.29) is 5.78 Å². The number of carbonyl (C=O) groups is 1. The van der Waals surface area contributed by atoms with E-state index in [4.69, 9.17) is 0 Å². The van der Waals surface area contributed by atoms with Crippen LogP contribution in [0.25, 0.3) is 0 Å². The second kappa shape index (κ2) is 8.47. The van der Waals surface area contributed by atoms with E-state index in [0.29, 0.717) is 11.8 Å². The molecule has 1 aliphatic rings. The third-order valence-corrected chi connectivity index (χ3v) is 4.46. The minimum atomic E-state index is -0.758. The van der Waals surface area contributed by atoms with Crippen LogP contribution in [-0.4, -0.2) is 16.5 Å². The number of carbonyl (C=O) groups excluding carboxylic acids is 1. The standard InChI is InChI=1S/C20H32O2/c1-15(2)18-9-8-17(4)14-19(21)13-16(3)7-6-11-20(5,22)12-10-18/h10,12-15,18,22H,6-9,11H2,1-5H3. The molecule has 0 saturated carbocycles. The Morgan fingerprint density at radius 2 is 1.77 bits per heavy atom. The zero-order valence-electron chi connectivity index (χ0n) is 14.9. The van der Waals surface area contributed by atoms with E-state index >= 15 is 0 Å². The Bertz CT molecular complexity index is 464. The fourth-order valence-corrected chi connectivity index (χ4v) is 2.86. The van der Waals surface area contributed by atoms with Crippen LogP contribution in [0.2, 0.25) is 0 Å². The zero-order valence-corrected chi connectivity index (χ0v) is 14.9. The van der Waals surface area contributed by atoms with Crippen LogP contribution in [0.15, 0.2) is 35.5 Å². The van der Waals surface area contributed by atoms with E-state index in [0.717, 1.165) is 43.3 Å². The van der Waals surface area contributed by atoms with E-state index in [9.17, 15) is 9.90 Å². The van der Waals surface area contributed by atoms with Crippen molar-refractivity contribution in [3.63, 3.8) is 0 Å². The summed E-state index contributed by atoms with van der Waals surface area (Å²) in [6.07, 6.45) is 12.1. The van der Waals surface area contributed by atoms with E-state index in [1.165, 1.54) is 0 Å². The van der Waals surface area contributed by atoms with Crippen LogP contribution >= 0.6 is 0 Å². The highest BCUT2D eigenvalue weighted by Gasteiger charge is 2.18. The third kappa shape index (κ3) is 7.22. The van der Waals surface area contributed by atoms with Crippen molar-refractivity contribution in [3.8, 4) is 0 Å². The highest BCUT2D eigenvalue weighted by Crippen LogP contribution is 2.25. The smallest absolute Gasteiger partial charge is 0.178 e. The summed E-state index contributed by atoms with van der Waals surface area (Å²) in [5, 5.41) is 10.5. The number of rotatable bonds is 1. The van der Waals surface area contributed by atoms with Gasteiger partial charge in [0.1, 0.15) is 0 Å². The van der Waals surface area contributed by atoms with Crippen LogP contribution in [0.5, 0.6) is 0 Å². The molecule has 0 aromatic rings. The second-order valence-corrected chi connectivity index (χ2v) is 7.40.